The molecule has 0 saturated heterocycles. The number of rotatable bonds is 1. The third-order valence-electron chi connectivity index (χ3n) is 3.06. The summed E-state index contributed by atoms with van der Waals surface area (Å²) in [6, 6.07) is 5.99. The molecule has 0 spiro atoms. The zero-order valence-corrected chi connectivity index (χ0v) is 8.66. The summed E-state index contributed by atoms with van der Waals surface area (Å²) >= 11 is 0. The average molecular weight is 192 g/mol. The van der Waals surface area contributed by atoms with Crippen molar-refractivity contribution in [3.8, 4) is 5.75 Å². The van der Waals surface area contributed by atoms with E-state index in [4.69, 9.17) is 4.74 Å². The van der Waals surface area contributed by atoms with Crippen molar-refractivity contribution in [2.75, 3.05) is 7.11 Å². The standard InChI is InChI=1S/C12H16O2/c1-8-3-6-12(13)11-7-9(14-2)4-5-10(8)11/h4-5,7-8,12-13H,3,6H2,1-2H3/t8?,12-/m0/s1. The van der Waals surface area contributed by atoms with Crippen LogP contribution in [0.2, 0.25) is 0 Å². The van der Waals surface area contributed by atoms with Gasteiger partial charge in [0.1, 0.15) is 5.75 Å². The number of hydrogen-bond donors (Lipinski definition) is 1. The molecule has 76 valence electrons. The second-order valence-corrected chi connectivity index (χ2v) is 3.99. The number of benzene rings is 1. The van der Waals surface area contributed by atoms with E-state index in [9.17, 15) is 5.11 Å². The van der Waals surface area contributed by atoms with Crippen LogP contribution in [0.15, 0.2) is 18.2 Å². The molecular weight excluding hydrogens is 176 g/mol. The summed E-state index contributed by atoms with van der Waals surface area (Å²) in [6.45, 7) is 2.21. The van der Waals surface area contributed by atoms with Crippen LogP contribution in [-0.2, 0) is 0 Å². The zero-order valence-electron chi connectivity index (χ0n) is 8.66. The topological polar surface area (TPSA) is 29.5 Å². The Morgan fingerprint density at radius 3 is 2.79 bits per heavy atom. The van der Waals surface area contributed by atoms with E-state index in [0.29, 0.717) is 5.92 Å². The molecule has 0 saturated carbocycles. The van der Waals surface area contributed by atoms with E-state index >= 15 is 0 Å². The van der Waals surface area contributed by atoms with Gasteiger partial charge in [-0.1, -0.05) is 13.0 Å². The molecule has 14 heavy (non-hydrogen) atoms. The molecule has 1 aliphatic rings. The Morgan fingerprint density at radius 1 is 1.29 bits per heavy atom. The predicted octanol–water partition coefficient (Wildman–Crippen LogP) is 2.63. The van der Waals surface area contributed by atoms with Gasteiger partial charge in [-0.05, 0) is 42.0 Å². The molecule has 1 unspecified atom stereocenters. The molecular formula is C12H16O2. The molecule has 0 radical (unpaired) electrons. The second kappa shape index (κ2) is 3.62. The van der Waals surface area contributed by atoms with Crippen LogP contribution in [0, 0.1) is 0 Å². The van der Waals surface area contributed by atoms with E-state index in [-0.39, 0.29) is 6.10 Å². The first-order valence-corrected chi connectivity index (χ1v) is 5.08. The third-order valence-corrected chi connectivity index (χ3v) is 3.06. The molecule has 0 amide bonds. The van der Waals surface area contributed by atoms with Crippen molar-refractivity contribution in [3.63, 3.8) is 0 Å². The van der Waals surface area contributed by atoms with Gasteiger partial charge in [0.25, 0.3) is 0 Å². The molecule has 0 bridgehead atoms. The van der Waals surface area contributed by atoms with E-state index in [1.54, 1.807) is 7.11 Å². The summed E-state index contributed by atoms with van der Waals surface area (Å²) < 4.78 is 5.15. The molecule has 2 nitrogen and oxygen atoms in total. The highest BCUT2D eigenvalue weighted by Gasteiger charge is 2.23. The molecule has 2 atom stereocenters. The minimum absolute atomic E-state index is 0.309. The molecule has 1 aliphatic carbocycles. The Balaban J connectivity index is 2.45. The minimum Gasteiger partial charge on any atom is -0.497 e. The van der Waals surface area contributed by atoms with Crippen molar-refractivity contribution >= 4 is 0 Å². The van der Waals surface area contributed by atoms with Crippen molar-refractivity contribution in [2.24, 2.45) is 0 Å². The maximum atomic E-state index is 9.84. The molecule has 1 aromatic carbocycles. The number of ether oxygens (including phenoxy) is 1. The van der Waals surface area contributed by atoms with Crippen molar-refractivity contribution in [3.05, 3.63) is 29.3 Å². The highest BCUT2D eigenvalue weighted by molar-refractivity contribution is 5.40. The maximum Gasteiger partial charge on any atom is 0.119 e. The average Bonchev–Trinajstić information content (AvgIpc) is 2.23. The van der Waals surface area contributed by atoms with Crippen LogP contribution in [-0.4, -0.2) is 12.2 Å². The lowest BCUT2D eigenvalue weighted by Gasteiger charge is -2.26. The molecule has 0 aromatic heterocycles. The van der Waals surface area contributed by atoms with Crippen LogP contribution in [0.3, 0.4) is 0 Å². The number of methoxy groups -OCH3 is 1. The van der Waals surface area contributed by atoms with Crippen LogP contribution < -0.4 is 4.74 Å². The van der Waals surface area contributed by atoms with Crippen molar-refractivity contribution in [2.45, 2.75) is 31.8 Å². The first-order valence-electron chi connectivity index (χ1n) is 5.08. The SMILES string of the molecule is COc1ccc2c(c1)[C@@H](O)CCC2C. The van der Waals surface area contributed by atoms with Gasteiger partial charge >= 0.3 is 0 Å². The van der Waals surface area contributed by atoms with E-state index in [1.165, 1.54) is 5.56 Å². The maximum absolute atomic E-state index is 9.84. The van der Waals surface area contributed by atoms with Gasteiger partial charge in [-0.15, -0.1) is 0 Å². The molecule has 0 heterocycles. The minimum atomic E-state index is -0.309. The lowest BCUT2D eigenvalue weighted by atomic mass is 9.82. The highest BCUT2D eigenvalue weighted by atomic mass is 16.5. The first kappa shape index (κ1) is 9.53. The van der Waals surface area contributed by atoms with Gasteiger partial charge in [0.15, 0.2) is 0 Å². The molecule has 2 rings (SSSR count). The fraction of sp³-hybridized carbons (Fsp3) is 0.500. The summed E-state index contributed by atoms with van der Waals surface area (Å²) in [5.74, 6) is 1.39. The van der Waals surface area contributed by atoms with Crippen molar-refractivity contribution in [1.82, 2.24) is 0 Å². The van der Waals surface area contributed by atoms with Gasteiger partial charge in [0.05, 0.1) is 13.2 Å². The van der Waals surface area contributed by atoms with Crippen LogP contribution in [0.5, 0.6) is 5.75 Å². The van der Waals surface area contributed by atoms with E-state index in [1.807, 2.05) is 12.1 Å². The number of aliphatic hydroxyl groups is 1. The third kappa shape index (κ3) is 1.50. The lowest BCUT2D eigenvalue weighted by Crippen LogP contribution is -2.12. The van der Waals surface area contributed by atoms with E-state index in [0.717, 1.165) is 24.2 Å². The monoisotopic (exact) mass is 192 g/mol. The smallest absolute Gasteiger partial charge is 0.119 e. The van der Waals surface area contributed by atoms with E-state index < -0.39 is 0 Å². The molecule has 1 N–H and O–H groups in total. The second-order valence-electron chi connectivity index (χ2n) is 3.99. The van der Waals surface area contributed by atoms with Gasteiger partial charge in [0, 0.05) is 0 Å². The lowest BCUT2D eigenvalue weighted by molar-refractivity contribution is 0.151. The Morgan fingerprint density at radius 2 is 2.07 bits per heavy atom. The van der Waals surface area contributed by atoms with Crippen LogP contribution in [0.25, 0.3) is 0 Å². The molecule has 0 fully saturated rings. The van der Waals surface area contributed by atoms with Gasteiger partial charge in [-0.3, -0.25) is 0 Å². The number of hydrogen-bond acceptors (Lipinski definition) is 2. The van der Waals surface area contributed by atoms with Crippen molar-refractivity contribution in [1.29, 1.82) is 0 Å². The Labute approximate surface area is 84.5 Å². The van der Waals surface area contributed by atoms with Crippen LogP contribution >= 0.6 is 0 Å². The Kier molecular flexibility index (Phi) is 2.46. The Hall–Kier alpha value is -1.02. The number of aliphatic hydroxyl groups excluding tert-OH is 1. The van der Waals surface area contributed by atoms with Gasteiger partial charge < -0.3 is 9.84 Å². The van der Waals surface area contributed by atoms with Crippen molar-refractivity contribution < 1.29 is 9.84 Å². The summed E-state index contributed by atoms with van der Waals surface area (Å²) in [5, 5.41) is 9.84. The quantitative estimate of drug-likeness (QED) is 0.741. The van der Waals surface area contributed by atoms with Crippen LogP contribution in [0.4, 0.5) is 0 Å². The zero-order chi connectivity index (χ0) is 10.1. The highest BCUT2D eigenvalue weighted by Crippen LogP contribution is 2.38. The molecule has 1 aromatic rings. The Bertz CT molecular complexity index is 333. The summed E-state index contributed by atoms with van der Waals surface area (Å²) in [4.78, 5) is 0. The van der Waals surface area contributed by atoms with E-state index in [2.05, 4.69) is 13.0 Å². The fourth-order valence-electron chi connectivity index (χ4n) is 2.14. The van der Waals surface area contributed by atoms with Gasteiger partial charge in [-0.25, -0.2) is 0 Å². The molecule has 2 heteroatoms. The van der Waals surface area contributed by atoms with Gasteiger partial charge in [0.2, 0.25) is 0 Å². The fourth-order valence-corrected chi connectivity index (χ4v) is 2.14. The molecule has 0 aliphatic heterocycles. The predicted molar refractivity (Wildman–Crippen MR) is 55.6 cm³/mol. The summed E-state index contributed by atoms with van der Waals surface area (Å²) in [6.07, 6.45) is 1.62. The largest absolute Gasteiger partial charge is 0.497 e. The number of fused-ring (bicyclic) bond motifs is 1. The summed E-state index contributed by atoms with van der Waals surface area (Å²) in [7, 11) is 1.65. The van der Waals surface area contributed by atoms with Crippen LogP contribution in [0.1, 0.15) is 42.9 Å². The first-order chi connectivity index (χ1) is 6.72. The normalized spacial score (nSPS) is 25.6. The van der Waals surface area contributed by atoms with Gasteiger partial charge in [-0.2, -0.15) is 0 Å². The summed E-state index contributed by atoms with van der Waals surface area (Å²) in [5.41, 5.74) is 2.31.